The monoisotopic (exact) mass is 389 g/mol. The van der Waals surface area contributed by atoms with Gasteiger partial charge in [-0.25, -0.2) is 4.39 Å². The highest BCUT2D eigenvalue weighted by molar-refractivity contribution is 5.97. The molecule has 1 aromatic heterocycles. The van der Waals surface area contributed by atoms with Crippen molar-refractivity contribution in [3.63, 3.8) is 0 Å². The number of carbonyl (C=O) groups is 1. The van der Waals surface area contributed by atoms with Crippen LogP contribution in [0.3, 0.4) is 0 Å². The lowest BCUT2D eigenvalue weighted by Gasteiger charge is -2.32. The maximum absolute atomic E-state index is 14.2. The van der Waals surface area contributed by atoms with Crippen LogP contribution in [0.15, 0.2) is 18.2 Å². The number of hydrogen-bond acceptors (Lipinski definition) is 5. The number of aromatic nitrogens is 3. The Morgan fingerprint density at radius 3 is 2.61 bits per heavy atom. The molecule has 0 saturated carbocycles. The Morgan fingerprint density at radius 1 is 1.29 bits per heavy atom. The Kier molecular flexibility index (Phi) is 6.28. The molecule has 0 radical (unpaired) electrons. The number of likely N-dealkylation sites (tertiary alicyclic amines) is 1. The molecular weight excluding hydrogens is 361 g/mol. The lowest BCUT2D eigenvalue weighted by Crippen LogP contribution is -2.39. The average Bonchev–Trinajstić information content (AvgIpc) is 3.09. The van der Waals surface area contributed by atoms with E-state index in [1.807, 2.05) is 14.1 Å². The van der Waals surface area contributed by atoms with Crippen molar-refractivity contribution in [2.75, 3.05) is 34.3 Å². The van der Waals surface area contributed by atoms with Gasteiger partial charge in [0.1, 0.15) is 28.8 Å². The van der Waals surface area contributed by atoms with Gasteiger partial charge in [-0.05, 0) is 46.0 Å². The minimum absolute atomic E-state index is 0.00782. The summed E-state index contributed by atoms with van der Waals surface area (Å²) in [5, 5.41) is 8.80. The fourth-order valence-electron chi connectivity index (χ4n) is 3.78. The summed E-state index contributed by atoms with van der Waals surface area (Å²) in [5.41, 5.74) is 0.00782. The summed E-state index contributed by atoms with van der Waals surface area (Å²) in [4.78, 5) is 16.6. The molecule has 152 valence electrons. The fourth-order valence-corrected chi connectivity index (χ4v) is 3.78. The summed E-state index contributed by atoms with van der Waals surface area (Å²) in [6.07, 6.45) is 1.56. The number of carbonyl (C=O) groups excluding carboxylic acids is 1. The van der Waals surface area contributed by atoms with E-state index in [0.717, 1.165) is 37.6 Å². The number of nitrogens with zero attached hydrogens (tertiary/aromatic N) is 5. The van der Waals surface area contributed by atoms with E-state index in [1.165, 1.54) is 13.2 Å². The van der Waals surface area contributed by atoms with Crippen molar-refractivity contribution in [3.8, 4) is 5.75 Å². The molecule has 1 aromatic carbocycles. The molecule has 2 heterocycles. The molecule has 8 heteroatoms. The van der Waals surface area contributed by atoms with Gasteiger partial charge in [-0.1, -0.05) is 6.07 Å². The molecular formula is C20H28FN5O2. The highest BCUT2D eigenvalue weighted by Gasteiger charge is 2.30. The van der Waals surface area contributed by atoms with Crippen LogP contribution in [0.2, 0.25) is 0 Å². The zero-order valence-corrected chi connectivity index (χ0v) is 17.0. The summed E-state index contributed by atoms with van der Waals surface area (Å²) >= 11 is 0. The molecule has 28 heavy (non-hydrogen) atoms. The van der Waals surface area contributed by atoms with Gasteiger partial charge in [0.25, 0.3) is 5.91 Å². The predicted octanol–water partition coefficient (Wildman–Crippen LogP) is 2.53. The van der Waals surface area contributed by atoms with Crippen LogP contribution in [0.25, 0.3) is 0 Å². The SMILES string of the molecule is CCn1c(CN(C)C)nnc1C1CCN(C(=O)c2c(F)cccc2OC)CC1. The normalized spacial score (nSPS) is 15.3. The fraction of sp³-hybridized carbons (Fsp3) is 0.550. The third-order valence-corrected chi connectivity index (χ3v) is 5.19. The molecule has 0 N–H and O–H groups in total. The van der Waals surface area contributed by atoms with Gasteiger partial charge in [0.05, 0.1) is 13.7 Å². The topological polar surface area (TPSA) is 63.5 Å². The van der Waals surface area contributed by atoms with Crippen LogP contribution in [0.4, 0.5) is 4.39 Å². The first-order valence-corrected chi connectivity index (χ1v) is 9.64. The zero-order valence-electron chi connectivity index (χ0n) is 17.0. The maximum atomic E-state index is 14.2. The van der Waals surface area contributed by atoms with Crippen LogP contribution in [-0.4, -0.2) is 64.8 Å². The summed E-state index contributed by atoms with van der Waals surface area (Å²) < 4.78 is 21.6. The summed E-state index contributed by atoms with van der Waals surface area (Å²) in [6, 6.07) is 4.44. The van der Waals surface area contributed by atoms with E-state index in [1.54, 1.807) is 17.0 Å². The third-order valence-electron chi connectivity index (χ3n) is 5.19. The zero-order chi connectivity index (χ0) is 20.3. The van der Waals surface area contributed by atoms with Gasteiger partial charge in [-0.3, -0.25) is 4.79 Å². The second-order valence-corrected chi connectivity index (χ2v) is 7.34. The first-order chi connectivity index (χ1) is 13.5. The number of amides is 1. The second kappa shape index (κ2) is 8.68. The van der Waals surface area contributed by atoms with Crippen molar-refractivity contribution in [1.82, 2.24) is 24.6 Å². The molecule has 7 nitrogen and oxygen atoms in total. The number of piperidine rings is 1. The molecule has 0 atom stereocenters. The highest BCUT2D eigenvalue weighted by atomic mass is 19.1. The van der Waals surface area contributed by atoms with E-state index < -0.39 is 5.82 Å². The van der Waals surface area contributed by atoms with E-state index in [2.05, 4.69) is 26.6 Å². The molecule has 0 unspecified atom stereocenters. The predicted molar refractivity (Wildman–Crippen MR) is 104 cm³/mol. The van der Waals surface area contributed by atoms with Gasteiger partial charge >= 0.3 is 0 Å². The molecule has 1 amide bonds. The van der Waals surface area contributed by atoms with Gasteiger partial charge in [0.2, 0.25) is 0 Å². The maximum Gasteiger partial charge on any atom is 0.260 e. The largest absolute Gasteiger partial charge is 0.496 e. The lowest BCUT2D eigenvalue weighted by molar-refractivity contribution is 0.0701. The number of halogens is 1. The number of rotatable bonds is 6. The van der Waals surface area contributed by atoms with Crippen molar-refractivity contribution in [3.05, 3.63) is 41.2 Å². The Balaban J connectivity index is 1.72. The minimum Gasteiger partial charge on any atom is -0.496 e. The summed E-state index contributed by atoms with van der Waals surface area (Å²) in [7, 11) is 5.46. The number of ether oxygens (including phenoxy) is 1. The molecule has 0 spiro atoms. The summed E-state index contributed by atoms with van der Waals surface area (Å²) in [6.45, 7) is 4.76. The van der Waals surface area contributed by atoms with Crippen LogP contribution in [0.1, 0.15) is 47.7 Å². The molecule has 0 aliphatic carbocycles. The third kappa shape index (κ3) is 4.01. The van der Waals surface area contributed by atoms with Crippen LogP contribution < -0.4 is 4.74 Å². The van der Waals surface area contributed by atoms with Gasteiger partial charge in [0, 0.05) is 25.6 Å². The lowest BCUT2D eigenvalue weighted by atomic mass is 9.95. The van der Waals surface area contributed by atoms with Crippen LogP contribution in [-0.2, 0) is 13.1 Å². The van der Waals surface area contributed by atoms with E-state index in [0.29, 0.717) is 13.1 Å². The Hall–Kier alpha value is -2.48. The Morgan fingerprint density at radius 2 is 2.00 bits per heavy atom. The van der Waals surface area contributed by atoms with Gasteiger partial charge in [0.15, 0.2) is 0 Å². The van der Waals surface area contributed by atoms with Crippen LogP contribution in [0.5, 0.6) is 5.75 Å². The van der Waals surface area contributed by atoms with Crippen molar-refractivity contribution in [2.24, 2.45) is 0 Å². The molecule has 3 rings (SSSR count). The van der Waals surface area contributed by atoms with E-state index in [9.17, 15) is 9.18 Å². The van der Waals surface area contributed by atoms with Gasteiger partial charge < -0.3 is 19.1 Å². The Bertz CT molecular complexity index is 828. The van der Waals surface area contributed by atoms with E-state index >= 15 is 0 Å². The van der Waals surface area contributed by atoms with E-state index in [4.69, 9.17) is 4.74 Å². The van der Waals surface area contributed by atoms with Crippen molar-refractivity contribution in [2.45, 2.75) is 38.8 Å². The minimum atomic E-state index is -0.550. The van der Waals surface area contributed by atoms with Crippen molar-refractivity contribution < 1.29 is 13.9 Å². The molecule has 1 aliphatic heterocycles. The van der Waals surface area contributed by atoms with Gasteiger partial charge in [-0.15, -0.1) is 10.2 Å². The quantitative estimate of drug-likeness (QED) is 0.760. The average molecular weight is 389 g/mol. The molecule has 0 bridgehead atoms. The smallest absolute Gasteiger partial charge is 0.260 e. The van der Waals surface area contributed by atoms with Crippen molar-refractivity contribution >= 4 is 5.91 Å². The Labute approximate surface area is 165 Å². The molecule has 1 saturated heterocycles. The first-order valence-electron chi connectivity index (χ1n) is 9.64. The van der Waals surface area contributed by atoms with Gasteiger partial charge in [-0.2, -0.15) is 0 Å². The molecule has 1 fully saturated rings. The standard InChI is InChI=1S/C20H28FN5O2/c1-5-26-17(13-24(2)3)22-23-19(26)14-9-11-25(12-10-14)20(27)18-15(21)7-6-8-16(18)28-4/h6-8,14H,5,9-13H2,1-4H3. The van der Waals surface area contributed by atoms with Crippen LogP contribution >= 0.6 is 0 Å². The molecule has 2 aromatic rings. The van der Waals surface area contributed by atoms with Crippen molar-refractivity contribution in [1.29, 1.82) is 0 Å². The molecule has 1 aliphatic rings. The number of benzene rings is 1. The van der Waals surface area contributed by atoms with E-state index in [-0.39, 0.29) is 23.1 Å². The highest BCUT2D eigenvalue weighted by Crippen LogP contribution is 2.30. The second-order valence-electron chi connectivity index (χ2n) is 7.34. The number of hydrogen-bond donors (Lipinski definition) is 0. The van der Waals surface area contributed by atoms with Crippen LogP contribution in [0, 0.1) is 5.82 Å². The number of methoxy groups -OCH3 is 1. The summed E-state index contributed by atoms with van der Waals surface area (Å²) in [5.74, 6) is 1.58. The first kappa shape index (κ1) is 20.3.